The number of hydrogen-bond acceptors (Lipinski definition) is 3. The van der Waals surface area contributed by atoms with E-state index in [9.17, 15) is 9.90 Å². The summed E-state index contributed by atoms with van der Waals surface area (Å²) >= 11 is 6.45. The van der Waals surface area contributed by atoms with Crippen molar-refractivity contribution in [2.45, 2.75) is 30.7 Å². The molecule has 0 amide bonds. The van der Waals surface area contributed by atoms with Crippen molar-refractivity contribution in [1.29, 1.82) is 0 Å². The number of carbonyl (C=O) groups is 1. The van der Waals surface area contributed by atoms with Crippen LogP contribution in [0.1, 0.15) is 25.8 Å². The molecule has 2 aromatic carbocycles. The second-order valence-corrected chi connectivity index (χ2v) is 6.04. The number of aliphatic hydroxyl groups is 1. The summed E-state index contributed by atoms with van der Waals surface area (Å²) in [6.45, 7) is 3.26. The van der Waals surface area contributed by atoms with Gasteiger partial charge in [0.1, 0.15) is 11.4 Å². The Morgan fingerprint density at radius 1 is 1.09 bits per heavy atom. The largest absolute Gasteiger partial charge is 0.425 e. The molecule has 2 unspecified atom stereocenters. The quantitative estimate of drug-likeness (QED) is 0.517. The maximum atomic E-state index is 12.5. The van der Waals surface area contributed by atoms with E-state index in [0.717, 1.165) is 0 Å². The van der Waals surface area contributed by atoms with E-state index in [1.807, 2.05) is 12.1 Å². The normalized spacial score (nSPS) is 16.4. The number of halogens is 1. The third-order valence-corrected chi connectivity index (χ3v) is 4.34. The van der Waals surface area contributed by atoms with Crippen molar-refractivity contribution in [3.63, 3.8) is 0 Å². The predicted molar refractivity (Wildman–Crippen MR) is 87.0 cm³/mol. The van der Waals surface area contributed by atoms with Gasteiger partial charge in [0.25, 0.3) is 0 Å². The van der Waals surface area contributed by atoms with Crippen LogP contribution in [0.5, 0.6) is 5.75 Å². The average molecular weight is 319 g/mol. The Kier molecular flexibility index (Phi) is 4.89. The molecule has 0 saturated heterocycles. The van der Waals surface area contributed by atoms with Gasteiger partial charge in [0, 0.05) is 0 Å². The van der Waals surface area contributed by atoms with Crippen LogP contribution in [0.3, 0.4) is 0 Å². The molecular weight excluding hydrogens is 300 g/mol. The molecule has 0 bridgehead atoms. The number of rotatable bonds is 5. The van der Waals surface area contributed by atoms with Crippen molar-refractivity contribution in [2.75, 3.05) is 0 Å². The second kappa shape index (κ2) is 6.51. The Labute approximate surface area is 135 Å². The van der Waals surface area contributed by atoms with Gasteiger partial charge >= 0.3 is 5.97 Å². The molecule has 0 aromatic heterocycles. The minimum atomic E-state index is -1.61. The van der Waals surface area contributed by atoms with E-state index in [-0.39, 0.29) is 6.42 Å². The van der Waals surface area contributed by atoms with Gasteiger partial charge in [-0.3, -0.25) is 0 Å². The molecule has 0 spiro atoms. The van der Waals surface area contributed by atoms with E-state index in [0.29, 0.717) is 11.3 Å². The van der Waals surface area contributed by atoms with Gasteiger partial charge in [0.05, 0.1) is 0 Å². The van der Waals surface area contributed by atoms with Crippen LogP contribution in [0, 0.1) is 0 Å². The smallest absolute Gasteiger partial charge is 0.335 e. The van der Waals surface area contributed by atoms with E-state index in [1.54, 1.807) is 55.5 Å². The summed E-state index contributed by atoms with van der Waals surface area (Å²) in [5, 5.41) is 11.0. The maximum Gasteiger partial charge on any atom is 0.335 e. The lowest BCUT2D eigenvalue weighted by Crippen LogP contribution is -2.52. The van der Waals surface area contributed by atoms with Crippen LogP contribution in [-0.4, -0.2) is 16.0 Å². The third-order valence-electron chi connectivity index (χ3n) is 3.88. The molecule has 0 aliphatic rings. The molecule has 2 aromatic rings. The first kappa shape index (κ1) is 16.5. The number of ether oxygens (including phenoxy) is 1. The summed E-state index contributed by atoms with van der Waals surface area (Å²) in [4.78, 5) is 10.9. The summed E-state index contributed by atoms with van der Waals surface area (Å²) in [6.07, 6.45) is 0.279. The number of para-hydroxylation sites is 1. The van der Waals surface area contributed by atoms with Gasteiger partial charge in [-0.25, -0.2) is 4.79 Å². The van der Waals surface area contributed by atoms with Gasteiger partial charge in [-0.05, 0) is 31.0 Å². The lowest BCUT2D eigenvalue weighted by molar-refractivity contribution is -0.146. The Hall–Kier alpha value is -1.84. The monoisotopic (exact) mass is 318 g/mol. The van der Waals surface area contributed by atoms with Crippen molar-refractivity contribution in [2.24, 2.45) is 0 Å². The first-order valence-corrected chi connectivity index (χ1v) is 7.53. The predicted octanol–water partition coefficient (Wildman–Crippen LogP) is 3.89. The van der Waals surface area contributed by atoms with Gasteiger partial charge in [0.15, 0.2) is 4.87 Å². The number of alkyl halides is 1. The number of benzene rings is 2. The molecule has 0 fully saturated rings. The zero-order valence-electron chi connectivity index (χ0n) is 12.6. The van der Waals surface area contributed by atoms with E-state index in [2.05, 4.69) is 0 Å². The summed E-state index contributed by atoms with van der Waals surface area (Å²) in [7, 11) is 0. The van der Waals surface area contributed by atoms with Crippen molar-refractivity contribution >= 4 is 17.6 Å². The Morgan fingerprint density at radius 2 is 1.59 bits per heavy atom. The summed E-state index contributed by atoms with van der Waals surface area (Å²) < 4.78 is 5.32. The van der Waals surface area contributed by atoms with Crippen molar-refractivity contribution < 1.29 is 14.6 Å². The number of hydrogen-bond donors (Lipinski definition) is 1. The average Bonchev–Trinajstić information content (AvgIpc) is 2.55. The molecule has 1 N–H and O–H groups in total. The molecule has 116 valence electrons. The van der Waals surface area contributed by atoms with Crippen LogP contribution in [0.2, 0.25) is 0 Å². The highest BCUT2D eigenvalue weighted by molar-refractivity contribution is 6.34. The van der Waals surface area contributed by atoms with Crippen LogP contribution in [-0.2, 0) is 10.4 Å². The van der Waals surface area contributed by atoms with Crippen LogP contribution >= 0.6 is 11.6 Å². The number of carbonyl (C=O) groups excluding carboxylic acids is 1. The molecular formula is C18H19ClO3. The first-order chi connectivity index (χ1) is 10.4. The molecule has 2 atom stereocenters. The SMILES string of the molecule is CCC(O)(c1ccccc1)C(C)(Cl)C(=O)Oc1ccccc1. The van der Waals surface area contributed by atoms with E-state index in [1.165, 1.54) is 6.92 Å². The van der Waals surface area contributed by atoms with Gasteiger partial charge < -0.3 is 9.84 Å². The molecule has 0 aliphatic heterocycles. The van der Waals surface area contributed by atoms with Crippen LogP contribution in [0.25, 0.3) is 0 Å². The third kappa shape index (κ3) is 3.01. The van der Waals surface area contributed by atoms with E-state index < -0.39 is 16.4 Å². The van der Waals surface area contributed by atoms with E-state index in [4.69, 9.17) is 16.3 Å². The zero-order valence-corrected chi connectivity index (χ0v) is 13.4. The summed E-state index contributed by atoms with van der Waals surface area (Å²) in [5.41, 5.74) is -0.943. The summed E-state index contributed by atoms with van der Waals surface area (Å²) in [5.74, 6) is -0.292. The lowest BCUT2D eigenvalue weighted by atomic mass is 9.79. The van der Waals surface area contributed by atoms with Crippen LogP contribution in [0.4, 0.5) is 0 Å². The van der Waals surface area contributed by atoms with Gasteiger partial charge in [-0.1, -0.05) is 55.5 Å². The lowest BCUT2D eigenvalue weighted by Gasteiger charge is -2.38. The van der Waals surface area contributed by atoms with Gasteiger partial charge in [-0.2, -0.15) is 0 Å². The molecule has 2 rings (SSSR count). The molecule has 4 heteroatoms. The standard InChI is InChI=1S/C18H19ClO3/c1-3-18(21,14-10-6-4-7-11-14)17(2,19)16(20)22-15-12-8-5-9-13-15/h4-13,21H,3H2,1-2H3. The topological polar surface area (TPSA) is 46.5 Å². The highest BCUT2D eigenvalue weighted by atomic mass is 35.5. The molecule has 0 aliphatic carbocycles. The van der Waals surface area contributed by atoms with Gasteiger partial charge in [-0.15, -0.1) is 11.6 Å². The molecule has 0 saturated carbocycles. The molecule has 22 heavy (non-hydrogen) atoms. The minimum absolute atomic E-state index is 0.279. The van der Waals surface area contributed by atoms with Crippen LogP contribution in [0.15, 0.2) is 60.7 Å². The Balaban J connectivity index is 2.32. The molecule has 0 radical (unpaired) electrons. The Morgan fingerprint density at radius 3 is 2.09 bits per heavy atom. The zero-order chi connectivity index (χ0) is 16.2. The van der Waals surface area contributed by atoms with Crippen molar-refractivity contribution in [3.8, 4) is 5.75 Å². The maximum absolute atomic E-state index is 12.5. The minimum Gasteiger partial charge on any atom is -0.425 e. The van der Waals surface area contributed by atoms with Crippen molar-refractivity contribution in [1.82, 2.24) is 0 Å². The fraction of sp³-hybridized carbons (Fsp3) is 0.278. The Bertz CT molecular complexity index is 625. The summed E-state index contributed by atoms with van der Waals surface area (Å²) in [6, 6.07) is 17.6. The van der Waals surface area contributed by atoms with Gasteiger partial charge in [0.2, 0.25) is 0 Å². The highest BCUT2D eigenvalue weighted by Gasteiger charge is 2.52. The fourth-order valence-corrected chi connectivity index (χ4v) is 2.66. The second-order valence-electron chi connectivity index (χ2n) is 5.29. The molecule has 0 heterocycles. The number of esters is 1. The highest BCUT2D eigenvalue weighted by Crippen LogP contribution is 2.41. The fourth-order valence-electron chi connectivity index (χ4n) is 2.38. The molecule has 3 nitrogen and oxygen atoms in total. The van der Waals surface area contributed by atoms with Crippen molar-refractivity contribution in [3.05, 3.63) is 66.2 Å². The van der Waals surface area contributed by atoms with E-state index >= 15 is 0 Å². The first-order valence-electron chi connectivity index (χ1n) is 7.16. The van der Waals surface area contributed by atoms with Crippen LogP contribution < -0.4 is 4.74 Å².